The summed E-state index contributed by atoms with van der Waals surface area (Å²) in [4.78, 5) is 16.3. The fraction of sp³-hybridized carbons (Fsp3) is 0.600. The normalized spacial score (nSPS) is 30.6. The van der Waals surface area contributed by atoms with Gasteiger partial charge in [-0.05, 0) is 36.3 Å². The number of sulfonamides is 1. The minimum Gasteiger partial charge on any atom is -0.299 e. The molecule has 0 saturated heterocycles. The average Bonchev–Trinajstić information content (AvgIpc) is 2.72. The summed E-state index contributed by atoms with van der Waals surface area (Å²) in [6.45, 7) is 4.07. The number of nitrogens with one attached hydrogen (secondary N) is 1. The Morgan fingerprint density at radius 1 is 1.43 bits per heavy atom. The van der Waals surface area contributed by atoms with Crippen molar-refractivity contribution < 1.29 is 13.2 Å². The van der Waals surface area contributed by atoms with Crippen LogP contribution in [0.1, 0.15) is 33.1 Å². The topological polar surface area (TPSA) is 76.1 Å². The van der Waals surface area contributed by atoms with Gasteiger partial charge >= 0.3 is 0 Å². The van der Waals surface area contributed by atoms with E-state index < -0.39 is 15.4 Å². The smallest absolute Gasteiger partial charge is 0.233 e. The fourth-order valence-electron chi connectivity index (χ4n) is 4.07. The van der Waals surface area contributed by atoms with Crippen molar-refractivity contribution in [2.75, 3.05) is 10.5 Å². The van der Waals surface area contributed by atoms with Crippen molar-refractivity contribution >= 4 is 21.5 Å². The van der Waals surface area contributed by atoms with Crippen LogP contribution in [0.5, 0.6) is 0 Å². The van der Waals surface area contributed by atoms with E-state index in [2.05, 4.69) is 9.71 Å². The van der Waals surface area contributed by atoms with Gasteiger partial charge in [-0.15, -0.1) is 0 Å². The van der Waals surface area contributed by atoms with E-state index >= 15 is 0 Å². The van der Waals surface area contributed by atoms with E-state index in [1.165, 1.54) is 6.20 Å². The molecular formula is C15H20N2O3S. The lowest BCUT2D eigenvalue weighted by Crippen LogP contribution is -2.43. The first kappa shape index (κ1) is 14.5. The maximum absolute atomic E-state index is 12.5. The van der Waals surface area contributed by atoms with Gasteiger partial charge in [-0.2, -0.15) is 0 Å². The van der Waals surface area contributed by atoms with Crippen LogP contribution < -0.4 is 4.72 Å². The molecule has 21 heavy (non-hydrogen) atoms. The monoisotopic (exact) mass is 308 g/mol. The predicted octanol–water partition coefficient (Wildman–Crippen LogP) is 2.22. The molecule has 0 aliphatic heterocycles. The van der Waals surface area contributed by atoms with E-state index in [1.54, 1.807) is 18.3 Å². The number of hydrogen-bond acceptors (Lipinski definition) is 4. The highest BCUT2D eigenvalue weighted by Gasteiger charge is 2.65. The number of carbonyl (C=O) groups is 1. The second-order valence-electron chi connectivity index (χ2n) is 6.77. The summed E-state index contributed by atoms with van der Waals surface area (Å²) in [5.74, 6) is 0.302. The molecule has 6 heteroatoms. The van der Waals surface area contributed by atoms with Crippen molar-refractivity contribution in [3.8, 4) is 0 Å². The second-order valence-corrected chi connectivity index (χ2v) is 8.49. The summed E-state index contributed by atoms with van der Waals surface area (Å²) in [6.07, 6.45) is 5.20. The molecule has 0 aromatic carbocycles. The Bertz CT molecular complexity index is 669. The van der Waals surface area contributed by atoms with Crippen LogP contribution >= 0.6 is 0 Å². The molecule has 2 saturated carbocycles. The van der Waals surface area contributed by atoms with E-state index in [0.717, 1.165) is 6.42 Å². The van der Waals surface area contributed by atoms with Crippen LogP contribution in [0.4, 0.5) is 5.69 Å². The third kappa shape index (κ3) is 2.16. The zero-order valence-electron chi connectivity index (χ0n) is 12.3. The number of Topliss-reactive ketones (excluding diaryl/α,β-unsaturated/α-hetero) is 1. The van der Waals surface area contributed by atoms with Crippen LogP contribution in [0.2, 0.25) is 0 Å². The third-order valence-corrected chi connectivity index (χ3v) is 6.93. The van der Waals surface area contributed by atoms with Gasteiger partial charge in [-0.3, -0.25) is 14.5 Å². The standard InChI is InChI=1S/C15H20N2O3S/c1-14(2)11-5-6-15(14,13(18)8-11)10-21(19,20)17-12-4-3-7-16-9-12/h3-4,7,9,11,17H,5-6,8,10H2,1-2H3. The summed E-state index contributed by atoms with van der Waals surface area (Å²) >= 11 is 0. The molecule has 114 valence electrons. The van der Waals surface area contributed by atoms with Crippen LogP contribution in [0.3, 0.4) is 0 Å². The molecule has 2 aliphatic carbocycles. The maximum Gasteiger partial charge on any atom is 0.233 e. The van der Waals surface area contributed by atoms with E-state index in [4.69, 9.17) is 0 Å². The molecule has 2 aliphatic rings. The molecule has 5 nitrogen and oxygen atoms in total. The van der Waals surface area contributed by atoms with Crippen LogP contribution in [-0.4, -0.2) is 24.9 Å². The number of nitrogens with zero attached hydrogens (tertiary/aromatic N) is 1. The van der Waals surface area contributed by atoms with Crippen LogP contribution in [0.25, 0.3) is 0 Å². The highest BCUT2D eigenvalue weighted by molar-refractivity contribution is 7.92. The number of rotatable bonds is 4. The Kier molecular flexibility index (Phi) is 3.13. The van der Waals surface area contributed by atoms with Crippen molar-refractivity contribution in [1.82, 2.24) is 4.98 Å². The molecule has 2 bridgehead atoms. The molecule has 0 amide bonds. The maximum atomic E-state index is 12.5. The Labute approximate surface area is 125 Å². The number of ketones is 1. The van der Waals surface area contributed by atoms with Crippen LogP contribution in [-0.2, 0) is 14.8 Å². The molecule has 3 rings (SSSR count). The Hall–Kier alpha value is -1.43. The molecule has 1 aromatic rings. The zero-order valence-corrected chi connectivity index (χ0v) is 13.1. The van der Waals surface area contributed by atoms with Crippen molar-refractivity contribution in [2.45, 2.75) is 33.1 Å². The van der Waals surface area contributed by atoms with Gasteiger partial charge < -0.3 is 0 Å². The number of aromatic nitrogens is 1. The van der Waals surface area contributed by atoms with Crippen molar-refractivity contribution in [3.05, 3.63) is 24.5 Å². The lowest BCUT2D eigenvalue weighted by molar-refractivity contribution is -0.128. The second kappa shape index (κ2) is 4.53. The molecule has 1 aromatic heterocycles. The van der Waals surface area contributed by atoms with Gasteiger partial charge in [0.25, 0.3) is 0 Å². The lowest BCUT2D eigenvalue weighted by atomic mass is 9.70. The first-order chi connectivity index (χ1) is 9.77. The summed E-state index contributed by atoms with van der Waals surface area (Å²) in [5.41, 5.74) is -0.536. The fourth-order valence-corrected chi connectivity index (χ4v) is 5.95. The number of pyridine rings is 1. The van der Waals surface area contributed by atoms with E-state index in [9.17, 15) is 13.2 Å². The zero-order chi connectivity index (χ0) is 15.3. The number of anilines is 1. The predicted molar refractivity (Wildman–Crippen MR) is 80.2 cm³/mol. The number of carbonyl (C=O) groups excluding carboxylic acids is 1. The van der Waals surface area contributed by atoms with Crippen LogP contribution in [0.15, 0.2) is 24.5 Å². The molecule has 1 heterocycles. The largest absolute Gasteiger partial charge is 0.299 e. The van der Waals surface area contributed by atoms with E-state index in [-0.39, 0.29) is 17.0 Å². The minimum absolute atomic E-state index is 0.111. The van der Waals surface area contributed by atoms with Crippen LogP contribution in [0, 0.1) is 16.7 Å². The highest BCUT2D eigenvalue weighted by atomic mass is 32.2. The quantitative estimate of drug-likeness (QED) is 0.925. The molecule has 0 spiro atoms. The van der Waals surface area contributed by atoms with Gasteiger partial charge in [0.2, 0.25) is 10.0 Å². The molecule has 2 unspecified atom stereocenters. The lowest BCUT2D eigenvalue weighted by Gasteiger charge is -2.36. The van der Waals surface area contributed by atoms with E-state index in [1.807, 2.05) is 13.8 Å². The highest BCUT2D eigenvalue weighted by Crippen LogP contribution is 2.64. The summed E-state index contributed by atoms with van der Waals surface area (Å²) < 4.78 is 27.5. The number of hydrogen-bond donors (Lipinski definition) is 1. The third-order valence-electron chi connectivity index (χ3n) is 5.51. The Balaban J connectivity index is 1.87. The summed E-state index contributed by atoms with van der Waals surface area (Å²) in [6, 6.07) is 3.33. The molecule has 1 N–H and O–H groups in total. The Morgan fingerprint density at radius 3 is 2.71 bits per heavy atom. The van der Waals surface area contributed by atoms with Crippen molar-refractivity contribution in [3.63, 3.8) is 0 Å². The molecule has 0 radical (unpaired) electrons. The van der Waals surface area contributed by atoms with Gasteiger partial charge in [-0.25, -0.2) is 8.42 Å². The summed E-state index contributed by atoms with van der Waals surface area (Å²) in [7, 11) is -3.58. The minimum atomic E-state index is -3.58. The summed E-state index contributed by atoms with van der Waals surface area (Å²) in [5, 5.41) is 0. The SMILES string of the molecule is CC1(C)C2CCC1(CS(=O)(=O)Nc1cccnc1)C(=O)C2. The Morgan fingerprint density at radius 2 is 2.19 bits per heavy atom. The van der Waals surface area contributed by atoms with Gasteiger partial charge in [0.05, 0.1) is 23.1 Å². The average molecular weight is 308 g/mol. The molecule has 2 fully saturated rings. The number of fused-ring (bicyclic) bond motifs is 2. The van der Waals surface area contributed by atoms with Gasteiger partial charge in [0, 0.05) is 12.6 Å². The van der Waals surface area contributed by atoms with Crippen molar-refractivity contribution in [1.29, 1.82) is 0 Å². The molecular weight excluding hydrogens is 288 g/mol. The van der Waals surface area contributed by atoms with Gasteiger partial charge in [-0.1, -0.05) is 13.8 Å². The first-order valence-electron chi connectivity index (χ1n) is 7.21. The molecule has 2 atom stereocenters. The first-order valence-corrected chi connectivity index (χ1v) is 8.86. The van der Waals surface area contributed by atoms with E-state index in [0.29, 0.717) is 24.4 Å². The van der Waals surface area contributed by atoms with Gasteiger partial charge in [0.1, 0.15) is 5.78 Å². The van der Waals surface area contributed by atoms with Crippen molar-refractivity contribution in [2.24, 2.45) is 16.7 Å². The van der Waals surface area contributed by atoms with Gasteiger partial charge in [0.15, 0.2) is 0 Å².